The van der Waals surface area contributed by atoms with Crippen molar-refractivity contribution in [2.45, 2.75) is 26.3 Å². The fourth-order valence-corrected chi connectivity index (χ4v) is 5.08. The van der Waals surface area contributed by atoms with E-state index in [9.17, 15) is 19.2 Å². The zero-order valence-electron chi connectivity index (χ0n) is 23.8. The van der Waals surface area contributed by atoms with Crippen molar-refractivity contribution in [3.8, 4) is 23.0 Å². The van der Waals surface area contributed by atoms with Crippen LogP contribution in [0, 0.1) is 0 Å². The highest BCUT2D eigenvalue weighted by Crippen LogP contribution is 2.45. The van der Waals surface area contributed by atoms with E-state index in [2.05, 4.69) is 0 Å². The molecule has 2 unspecified atom stereocenters. The second kappa shape index (κ2) is 11.0. The number of cyclic esters (lactones) is 2. The minimum absolute atomic E-state index is 0.146. The number of hydrogen-bond acceptors (Lipinski definition) is 10. The van der Waals surface area contributed by atoms with Crippen molar-refractivity contribution in [1.29, 1.82) is 0 Å². The molecule has 0 saturated carbocycles. The van der Waals surface area contributed by atoms with Crippen LogP contribution in [0.25, 0.3) is 0 Å². The zero-order valence-corrected chi connectivity index (χ0v) is 23.8. The Labute approximate surface area is 241 Å². The summed E-state index contributed by atoms with van der Waals surface area (Å²) in [5.41, 5.74) is 1.82. The number of nitrogens with zero attached hydrogens (tertiary/aromatic N) is 2. The number of fused-ring (bicyclic) bond motifs is 2. The van der Waals surface area contributed by atoms with Crippen LogP contribution in [0.15, 0.2) is 48.5 Å². The van der Waals surface area contributed by atoms with Crippen molar-refractivity contribution in [2.75, 3.05) is 38.2 Å². The number of rotatable bonds is 6. The smallest absolute Gasteiger partial charge is 0.342 e. The number of benzene rings is 3. The first kappa shape index (κ1) is 28.3. The fraction of sp³-hybridized carbons (Fsp3) is 0.267. The van der Waals surface area contributed by atoms with E-state index in [-0.39, 0.29) is 22.9 Å². The summed E-state index contributed by atoms with van der Waals surface area (Å²) in [5, 5.41) is 0. The SMILES string of the molecule is COc1cc2c(cc1OC)N(C(C)=O)C(c1ccc(C3OC(=O)c4cc(OC)c(OC)cc4N3C(C)=O)cc1)OC2=O. The molecule has 0 bridgehead atoms. The molecule has 3 aromatic carbocycles. The van der Waals surface area contributed by atoms with Crippen LogP contribution in [0.2, 0.25) is 0 Å². The number of anilines is 2. The van der Waals surface area contributed by atoms with Crippen molar-refractivity contribution in [3.05, 3.63) is 70.8 Å². The number of methoxy groups -OCH3 is 4. The molecule has 0 aromatic heterocycles. The monoisotopic (exact) mass is 576 g/mol. The van der Waals surface area contributed by atoms with Crippen molar-refractivity contribution in [3.63, 3.8) is 0 Å². The summed E-state index contributed by atoms with van der Waals surface area (Å²) < 4.78 is 32.7. The Morgan fingerprint density at radius 2 is 0.905 bits per heavy atom. The number of amides is 2. The Balaban J connectivity index is 1.52. The molecular weight excluding hydrogens is 548 g/mol. The number of carbonyl (C=O) groups is 4. The molecule has 3 aromatic rings. The molecule has 0 aliphatic carbocycles. The van der Waals surface area contributed by atoms with Crippen LogP contribution in [-0.2, 0) is 19.1 Å². The van der Waals surface area contributed by atoms with Crippen LogP contribution >= 0.6 is 0 Å². The summed E-state index contributed by atoms with van der Waals surface area (Å²) in [6.07, 6.45) is -2.19. The van der Waals surface area contributed by atoms with Gasteiger partial charge in [-0.05, 0) is 0 Å². The molecule has 2 atom stereocenters. The molecule has 2 aliphatic rings. The summed E-state index contributed by atoms with van der Waals surface area (Å²) in [4.78, 5) is 54.4. The molecular formula is C30H28N2O10. The van der Waals surface area contributed by atoms with E-state index < -0.39 is 24.4 Å². The van der Waals surface area contributed by atoms with Gasteiger partial charge in [-0.15, -0.1) is 0 Å². The lowest BCUT2D eigenvalue weighted by Crippen LogP contribution is -2.41. The first-order valence-electron chi connectivity index (χ1n) is 12.8. The molecule has 0 N–H and O–H groups in total. The van der Waals surface area contributed by atoms with Gasteiger partial charge in [0.2, 0.25) is 24.3 Å². The lowest BCUT2D eigenvalue weighted by atomic mass is 10.0. The zero-order chi connectivity index (χ0) is 30.3. The van der Waals surface area contributed by atoms with E-state index in [0.717, 1.165) is 0 Å². The predicted octanol–water partition coefficient (Wildman–Crippen LogP) is 4.17. The minimum atomic E-state index is -1.09. The third kappa shape index (κ3) is 4.60. The van der Waals surface area contributed by atoms with Gasteiger partial charge in [-0.3, -0.25) is 19.4 Å². The quantitative estimate of drug-likeness (QED) is 0.394. The molecule has 0 spiro atoms. The predicted molar refractivity (Wildman–Crippen MR) is 148 cm³/mol. The van der Waals surface area contributed by atoms with Gasteiger partial charge in [0, 0.05) is 49.2 Å². The largest absolute Gasteiger partial charge is 0.493 e. The molecule has 42 heavy (non-hydrogen) atoms. The van der Waals surface area contributed by atoms with Crippen LogP contribution in [0.4, 0.5) is 11.4 Å². The maximum atomic E-state index is 13.0. The van der Waals surface area contributed by atoms with Gasteiger partial charge < -0.3 is 28.4 Å². The first-order chi connectivity index (χ1) is 20.1. The van der Waals surface area contributed by atoms with Crippen LogP contribution < -0.4 is 28.7 Å². The maximum absolute atomic E-state index is 13.0. The lowest BCUT2D eigenvalue weighted by Gasteiger charge is -2.37. The van der Waals surface area contributed by atoms with E-state index in [1.54, 1.807) is 36.4 Å². The van der Waals surface area contributed by atoms with Crippen molar-refractivity contribution in [2.24, 2.45) is 0 Å². The second-order valence-electron chi connectivity index (χ2n) is 9.41. The molecule has 0 saturated heterocycles. The summed E-state index contributed by atoms with van der Waals surface area (Å²) >= 11 is 0. The average Bonchev–Trinajstić information content (AvgIpc) is 2.99. The van der Waals surface area contributed by atoms with Crippen molar-refractivity contribution in [1.82, 2.24) is 0 Å². The van der Waals surface area contributed by atoms with E-state index in [0.29, 0.717) is 45.5 Å². The molecule has 12 heteroatoms. The van der Waals surface area contributed by atoms with Gasteiger partial charge in [0.15, 0.2) is 23.0 Å². The molecule has 5 rings (SSSR count). The van der Waals surface area contributed by atoms with Crippen molar-refractivity contribution >= 4 is 35.1 Å². The normalized spacial score (nSPS) is 17.4. The van der Waals surface area contributed by atoms with Crippen molar-refractivity contribution < 1.29 is 47.6 Å². The minimum Gasteiger partial charge on any atom is -0.493 e. The molecule has 218 valence electrons. The summed E-state index contributed by atoms with van der Waals surface area (Å²) in [5.74, 6) is -0.758. The third-order valence-electron chi connectivity index (χ3n) is 7.05. The third-order valence-corrected chi connectivity index (χ3v) is 7.05. The molecule has 0 fully saturated rings. The Morgan fingerprint density at radius 1 is 0.595 bits per heavy atom. The van der Waals surface area contributed by atoms with Crippen LogP contribution in [0.3, 0.4) is 0 Å². The van der Waals surface area contributed by atoms with Gasteiger partial charge in [0.05, 0.1) is 50.9 Å². The van der Waals surface area contributed by atoms with Crippen LogP contribution in [0.5, 0.6) is 23.0 Å². The Kier molecular flexibility index (Phi) is 7.38. The van der Waals surface area contributed by atoms with Crippen LogP contribution in [0.1, 0.15) is 58.1 Å². The van der Waals surface area contributed by atoms with E-state index in [1.165, 1.54) is 64.2 Å². The standard InChI is InChI=1S/C30H28N2O10/c1-15(33)31-21-13-25(39-5)23(37-3)11-19(21)29(35)41-27(31)17-7-9-18(10-8-17)28-32(16(2)34)22-14-26(40-6)24(38-4)12-20(22)30(36)42-28/h7-14,27-28H,1-6H3. The van der Waals surface area contributed by atoms with E-state index >= 15 is 0 Å². The molecule has 12 nitrogen and oxygen atoms in total. The number of hydrogen-bond donors (Lipinski definition) is 0. The molecule has 2 heterocycles. The van der Waals surface area contributed by atoms with Gasteiger partial charge in [0.1, 0.15) is 0 Å². The Morgan fingerprint density at radius 3 is 1.19 bits per heavy atom. The topological polar surface area (TPSA) is 130 Å². The summed E-state index contributed by atoms with van der Waals surface area (Å²) in [7, 11) is 5.78. The van der Waals surface area contributed by atoms with E-state index in [1.807, 2.05) is 0 Å². The number of esters is 2. The average molecular weight is 577 g/mol. The summed E-state index contributed by atoms with van der Waals surface area (Å²) in [6, 6.07) is 12.5. The summed E-state index contributed by atoms with van der Waals surface area (Å²) in [6.45, 7) is 2.71. The second-order valence-corrected chi connectivity index (χ2v) is 9.41. The maximum Gasteiger partial charge on any atom is 0.342 e. The molecule has 2 aliphatic heterocycles. The highest BCUT2D eigenvalue weighted by atomic mass is 16.6. The number of ether oxygens (including phenoxy) is 6. The van der Waals surface area contributed by atoms with Gasteiger partial charge in [-0.25, -0.2) is 9.59 Å². The van der Waals surface area contributed by atoms with Gasteiger partial charge >= 0.3 is 11.9 Å². The highest BCUT2D eigenvalue weighted by Gasteiger charge is 2.40. The molecule has 2 amide bonds. The fourth-order valence-electron chi connectivity index (χ4n) is 5.08. The Bertz CT molecular complexity index is 1480. The van der Waals surface area contributed by atoms with Crippen LogP contribution in [-0.4, -0.2) is 52.2 Å². The lowest BCUT2D eigenvalue weighted by molar-refractivity contribution is -0.119. The van der Waals surface area contributed by atoms with Gasteiger partial charge in [-0.2, -0.15) is 0 Å². The Hall–Kier alpha value is -5.26. The van der Waals surface area contributed by atoms with E-state index in [4.69, 9.17) is 28.4 Å². The first-order valence-corrected chi connectivity index (χ1v) is 12.8. The molecule has 0 radical (unpaired) electrons. The van der Waals surface area contributed by atoms with Gasteiger partial charge in [0.25, 0.3) is 0 Å². The van der Waals surface area contributed by atoms with Gasteiger partial charge in [-0.1, -0.05) is 24.3 Å². The number of carbonyl (C=O) groups excluding carboxylic acids is 4. The highest BCUT2D eigenvalue weighted by molar-refractivity contribution is 6.06.